The van der Waals surface area contributed by atoms with E-state index in [9.17, 15) is 14.4 Å². The zero-order valence-corrected chi connectivity index (χ0v) is 13.5. The van der Waals surface area contributed by atoms with Gasteiger partial charge >= 0.3 is 17.9 Å². The van der Waals surface area contributed by atoms with Crippen molar-refractivity contribution in [2.24, 2.45) is 11.7 Å². The summed E-state index contributed by atoms with van der Waals surface area (Å²) in [6, 6.07) is 1.79. The Bertz CT molecular complexity index is 477. The van der Waals surface area contributed by atoms with E-state index in [4.69, 9.17) is 15.7 Å². The summed E-state index contributed by atoms with van der Waals surface area (Å²) in [5, 5.41) is 8.77. The molecule has 2 N–H and O–H groups in total. The largest absolute Gasteiger partial charge is 0.469 e. The Morgan fingerprint density at radius 1 is 1.14 bits per heavy atom. The topological polar surface area (TPSA) is 129 Å². The van der Waals surface area contributed by atoms with Crippen molar-refractivity contribution in [3.63, 3.8) is 0 Å². The van der Waals surface area contributed by atoms with E-state index < -0.39 is 41.4 Å². The van der Waals surface area contributed by atoms with Crippen LogP contribution in [0.4, 0.5) is 0 Å². The molecule has 8 nitrogen and oxygen atoms in total. The predicted octanol–water partition coefficient (Wildman–Crippen LogP) is 0.292. The Hall–Kier alpha value is -2.14. The summed E-state index contributed by atoms with van der Waals surface area (Å²) in [6.45, 7) is 4.82. The molecule has 0 bridgehead atoms. The third-order valence-electron chi connectivity index (χ3n) is 2.75. The van der Waals surface area contributed by atoms with E-state index in [2.05, 4.69) is 9.47 Å². The summed E-state index contributed by atoms with van der Waals surface area (Å²) < 4.78 is 14.2. The number of hydrogen-bond acceptors (Lipinski definition) is 8. The number of ether oxygens (including phenoxy) is 3. The van der Waals surface area contributed by atoms with Crippen molar-refractivity contribution >= 4 is 17.9 Å². The molecule has 0 fully saturated rings. The molecule has 0 aliphatic carbocycles. The first-order chi connectivity index (χ1) is 10.0. The van der Waals surface area contributed by atoms with E-state index in [1.807, 2.05) is 0 Å². The van der Waals surface area contributed by atoms with Crippen LogP contribution in [0.1, 0.15) is 33.6 Å². The van der Waals surface area contributed by atoms with Crippen LogP contribution in [-0.2, 0) is 28.6 Å². The summed E-state index contributed by atoms with van der Waals surface area (Å²) in [6.07, 6.45) is -0.708. The maximum absolute atomic E-state index is 12.2. The summed E-state index contributed by atoms with van der Waals surface area (Å²) >= 11 is 0. The van der Waals surface area contributed by atoms with Crippen molar-refractivity contribution in [1.82, 2.24) is 0 Å². The van der Waals surface area contributed by atoms with Crippen LogP contribution in [0.3, 0.4) is 0 Å². The highest BCUT2D eigenvalue weighted by Crippen LogP contribution is 2.24. The fourth-order valence-corrected chi connectivity index (χ4v) is 1.71. The molecule has 0 radical (unpaired) electrons. The van der Waals surface area contributed by atoms with E-state index in [-0.39, 0.29) is 6.42 Å². The summed E-state index contributed by atoms with van der Waals surface area (Å²) in [5.41, 5.74) is 2.78. The molecule has 0 amide bonds. The molecule has 0 aromatic rings. The van der Waals surface area contributed by atoms with Gasteiger partial charge in [0.05, 0.1) is 26.2 Å². The highest BCUT2D eigenvalue weighted by atomic mass is 16.6. The SMILES string of the molecule is COC(=O)C(CC#N)CC(N)(C(=O)OC)C(=O)OC(C)(C)C. The monoisotopic (exact) mass is 314 g/mol. The van der Waals surface area contributed by atoms with Crippen molar-refractivity contribution in [2.75, 3.05) is 14.2 Å². The number of esters is 3. The molecule has 0 spiro atoms. The first kappa shape index (κ1) is 19.9. The molecule has 0 saturated carbocycles. The van der Waals surface area contributed by atoms with Crippen LogP contribution in [0.15, 0.2) is 0 Å². The standard InChI is InChI=1S/C14H22N2O6/c1-13(2,3)22-12(19)14(16,11(18)21-5)8-9(6-7-15)10(17)20-4/h9H,6,8,16H2,1-5H3. The lowest BCUT2D eigenvalue weighted by molar-refractivity contribution is -0.172. The van der Waals surface area contributed by atoms with Crippen molar-refractivity contribution in [3.05, 3.63) is 0 Å². The zero-order chi connectivity index (χ0) is 17.6. The van der Waals surface area contributed by atoms with Crippen LogP contribution < -0.4 is 5.73 Å². The van der Waals surface area contributed by atoms with E-state index in [0.29, 0.717) is 0 Å². The van der Waals surface area contributed by atoms with Crippen LogP contribution >= 0.6 is 0 Å². The smallest absolute Gasteiger partial charge is 0.338 e. The van der Waals surface area contributed by atoms with Gasteiger partial charge in [0, 0.05) is 12.8 Å². The molecule has 0 heterocycles. The molecule has 0 saturated heterocycles. The zero-order valence-electron chi connectivity index (χ0n) is 13.5. The number of carbonyl (C=O) groups excluding carboxylic acids is 3. The maximum Gasteiger partial charge on any atom is 0.338 e. The molecule has 2 unspecified atom stereocenters. The van der Waals surface area contributed by atoms with Gasteiger partial charge in [-0.1, -0.05) is 0 Å². The average molecular weight is 314 g/mol. The van der Waals surface area contributed by atoms with E-state index >= 15 is 0 Å². The summed E-state index contributed by atoms with van der Waals surface area (Å²) in [4.78, 5) is 35.8. The minimum Gasteiger partial charge on any atom is -0.469 e. The molecule has 2 atom stereocenters. The second-order valence-corrected chi connectivity index (χ2v) is 5.75. The Morgan fingerprint density at radius 3 is 2.05 bits per heavy atom. The number of methoxy groups -OCH3 is 2. The number of carbonyl (C=O) groups is 3. The van der Waals surface area contributed by atoms with Gasteiger partial charge in [-0.25, -0.2) is 9.59 Å². The first-order valence-corrected chi connectivity index (χ1v) is 6.57. The summed E-state index contributed by atoms with van der Waals surface area (Å²) in [7, 11) is 2.20. The van der Waals surface area contributed by atoms with E-state index in [1.54, 1.807) is 26.8 Å². The van der Waals surface area contributed by atoms with E-state index in [1.165, 1.54) is 0 Å². The fourth-order valence-electron chi connectivity index (χ4n) is 1.71. The molecular formula is C14H22N2O6. The molecule has 22 heavy (non-hydrogen) atoms. The minimum atomic E-state index is -2.20. The molecule has 0 aliphatic heterocycles. The normalized spacial score (nSPS) is 15.0. The van der Waals surface area contributed by atoms with Crippen LogP contribution in [-0.4, -0.2) is 43.3 Å². The van der Waals surface area contributed by atoms with Crippen molar-refractivity contribution in [3.8, 4) is 6.07 Å². The maximum atomic E-state index is 12.2. The van der Waals surface area contributed by atoms with Gasteiger partial charge in [-0.2, -0.15) is 5.26 Å². The van der Waals surface area contributed by atoms with Gasteiger partial charge in [0.15, 0.2) is 0 Å². The Morgan fingerprint density at radius 2 is 1.68 bits per heavy atom. The average Bonchev–Trinajstić information content (AvgIpc) is 2.42. The highest BCUT2D eigenvalue weighted by Gasteiger charge is 2.49. The van der Waals surface area contributed by atoms with Crippen molar-refractivity contribution in [1.29, 1.82) is 5.26 Å². The predicted molar refractivity (Wildman–Crippen MR) is 75.1 cm³/mol. The van der Waals surface area contributed by atoms with Gasteiger partial charge in [-0.15, -0.1) is 0 Å². The Kier molecular flexibility index (Phi) is 7.00. The van der Waals surface area contributed by atoms with E-state index in [0.717, 1.165) is 14.2 Å². The third kappa shape index (κ3) is 5.33. The minimum absolute atomic E-state index is 0.259. The van der Waals surface area contributed by atoms with Gasteiger partial charge in [0.2, 0.25) is 5.54 Å². The molecule has 0 aromatic heterocycles. The highest BCUT2D eigenvalue weighted by molar-refractivity contribution is 6.05. The lowest BCUT2D eigenvalue weighted by atomic mass is 9.86. The lowest BCUT2D eigenvalue weighted by Gasteiger charge is -2.30. The van der Waals surface area contributed by atoms with Crippen LogP contribution in [0.2, 0.25) is 0 Å². The van der Waals surface area contributed by atoms with Crippen LogP contribution in [0, 0.1) is 17.2 Å². The number of hydrogen-bond donors (Lipinski definition) is 1. The van der Waals surface area contributed by atoms with Crippen molar-refractivity contribution < 1.29 is 28.6 Å². The van der Waals surface area contributed by atoms with Gasteiger partial charge in [0.1, 0.15) is 5.60 Å². The van der Waals surface area contributed by atoms with Gasteiger partial charge in [-0.05, 0) is 20.8 Å². The molecule has 0 aromatic carbocycles. The molecule has 0 aliphatic rings. The third-order valence-corrected chi connectivity index (χ3v) is 2.75. The van der Waals surface area contributed by atoms with Crippen molar-refractivity contribution in [2.45, 2.75) is 44.8 Å². The van der Waals surface area contributed by atoms with Crippen LogP contribution in [0.25, 0.3) is 0 Å². The van der Waals surface area contributed by atoms with Crippen LogP contribution in [0.5, 0.6) is 0 Å². The Labute approximate surface area is 129 Å². The molecule has 8 heteroatoms. The quantitative estimate of drug-likeness (QED) is 0.421. The molecule has 124 valence electrons. The van der Waals surface area contributed by atoms with Gasteiger partial charge < -0.3 is 19.9 Å². The molecule has 0 rings (SSSR count). The Balaban J connectivity index is 5.52. The van der Waals surface area contributed by atoms with Gasteiger partial charge in [-0.3, -0.25) is 4.79 Å². The number of nitrogens with zero attached hydrogens (tertiary/aromatic N) is 1. The fraction of sp³-hybridized carbons (Fsp3) is 0.714. The molecular weight excluding hydrogens is 292 g/mol. The van der Waals surface area contributed by atoms with Gasteiger partial charge in [0.25, 0.3) is 0 Å². The lowest BCUT2D eigenvalue weighted by Crippen LogP contribution is -2.59. The first-order valence-electron chi connectivity index (χ1n) is 6.57. The second kappa shape index (κ2) is 7.75. The second-order valence-electron chi connectivity index (χ2n) is 5.75. The number of nitrogens with two attached hydrogens (primary N) is 1. The number of rotatable bonds is 6. The summed E-state index contributed by atoms with van der Waals surface area (Å²) in [5.74, 6) is -3.87. The number of nitriles is 1.